The SMILES string of the molecule is CC(COC(=O)c1cnn(C)c1)COc1ccccc1. The Morgan fingerprint density at radius 2 is 2.05 bits per heavy atom. The average Bonchev–Trinajstić information content (AvgIpc) is 2.90. The van der Waals surface area contributed by atoms with Gasteiger partial charge < -0.3 is 9.47 Å². The van der Waals surface area contributed by atoms with Crippen LogP contribution < -0.4 is 4.74 Å². The molecule has 0 N–H and O–H groups in total. The Morgan fingerprint density at radius 1 is 1.30 bits per heavy atom. The van der Waals surface area contributed by atoms with Crippen LogP contribution in [-0.2, 0) is 11.8 Å². The summed E-state index contributed by atoms with van der Waals surface area (Å²) in [4.78, 5) is 11.7. The Balaban J connectivity index is 1.72. The van der Waals surface area contributed by atoms with Gasteiger partial charge in [-0.15, -0.1) is 0 Å². The minimum atomic E-state index is -0.357. The average molecular weight is 274 g/mol. The van der Waals surface area contributed by atoms with Crippen molar-refractivity contribution < 1.29 is 14.3 Å². The van der Waals surface area contributed by atoms with Gasteiger partial charge in [-0.2, -0.15) is 5.10 Å². The molecule has 5 nitrogen and oxygen atoms in total. The lowest BCUT2D eigenvalue weighted by Crippen LogP contribution is -2.17. The van der Waals surface area contributed by atoms with E-state index in [2.05, 4.69) is 5.10 Å². The molecule has 0 saturated carbocycles. The van der Waals surface area contributed by atoms with Crippen LogP contribution in [0, 0.1) is 5.92 Å². The van der Waals surface area contributed by atoms with E-state index < -0.39 is 0 Å². The lowest BCUT2D eigenvalue weighted by atomic mass is 10.2. The summed E-state index contributed by atoms with van der Waals surface area (Å²) in [6.45, 7) is 2.80. The van der Waals surface area contributed by atoms with Crippen molar-refractivity contribution in [3.05, 3.63) is 48.3 Å². The molecule has 20 heavy (non-hydrogen) atoms. The zero-order valence-electron chi connectivity index (χ0n) is 11.7. The lowest BCUT2D eigenvalue weighted by molar-refractivity contribution is 0.0415. The minimum Gasteiger partial charge on any atom is -0.493 e. The van der Waals surface area contributed by atoms with Crippen molar-refractivity contribution in [2.75, 3.05) is 13.2 Å². The first-order chi connectivity index (χ1) is 9.65. The monoisotopic (exact) mass is 274 g/mol. The van der Waals surface area contributed by atoms with Gasteiger partial charge in [0.1, 0.15) is 5.75 Å². The maximum absolute atomic E-state index is 11.7. The Hall–Kier alpha value is -2.30. The third-order valence-electron chi connectivity index (χ3n) is 2.72. The van der Waals surface area contributed by atoms with Crippen molar-refractivity contribution in [3.63, 3.8) is 0 Å². The molecular formula is C15H18N2O3. The molecule has 1 heterocycles. The molecule has 1 aromatic heterocycles. The van der Waals surface area contributed by atoms with Crippen LogP contribution in [0.1, 0.15) is 17.3 Å². The summed E-state index contributed by atoms with van der Waals surface area (Å²) in [6, 6.07) is 9.57. The highest BCUT2D eigenvalue weighted by atomic mass is 16.5. The second kappa shape index (κ2) is 6.75. The van der Waals surface area contributed by atoms with E-state index in [-0.39, 0.29) is 11.9 Å². The molecule has 1 atom stereocenters. The molecule has 5 heteroatoms. The van der Waals surface area contributed by atoms with Crippen LogP contribution in [0.4, 0.5) is 0 Å². The normalized spacial score (nSPS) is 11.9. The molecule has 0 aliphatic carbocycles. The van der Waals surface area contributed by atoms with Crippen LogP contribution >= 0.6 is 0 Å². The van der Waals surface area contributed by atoms with Crippen molar-refractivity contribution in [1.82, 2.24) is 9.78 Å². The molecule has 0 bridgehead atoms. The fraction of sp³-hybridized carbons (Fsp3) is 0.333. The molecule has 0 fully saturated rings. The third kappa shape index (κ3) is 4.12. The van der Waals surface area contributed by atoms with Gasteiger partial charge >= 0.3 is 5.97 Å². The molecular weight excluding hydrogens is 256 g/mol. The second-order valence-corrected chi connectivity index (χ2v) is 4.73. The van der Waals surface area contributed by atoms with Crippen LogP contribution in [0.2, 0.25) is 0 Å². The standard InChI is InChI=1S/C15H18N2O3/c1-12(10-19-14-6-4-3-5-7-14)11-20-15(18)13-8-16-17(2)9-13/h3-9,12H,10-11H2,1-2H3. The van der Waals surface area contributed by atoms with Gasteiger partial charge in [-0.05, 0) is 12.1 Å². The predicted molar refractivity (Wildman–Crippen MR) is 74.6 cm³/mol. The topological polar surface area (TPSA) is 53.3 Å². The van der Waals surface area contributed by atoms with Crippen LogP contribution in [0.25, 0.3) is 0 Å². The molecule has 0 amide bonds. The van der Waals surface area contributed by atoms with Gasteiger partial charge in [0, 0.05) is 19.2 Å². The van der Waals surface area contributed by atoms with Crippen LogP contribution in [0.5, 0.6) is 5.75 Å². The highest BCUT2D eigenvalue weighted by Crippen LogP contribution is 2.10. The molecule has 0 saturated heterocycles. The predicted octanol–water partition coefficient (Wildman–Crippen LogP) is 2.29. The van der Waals surface area contributed by atoms with E-state index in [1.165, 1.54) is 6.20 Å². The van der Waals surface area contributed by atoms with Crippen molar-refractivity contribution in [1.29, 1.82) is 0 Å². The van der Waals surface area contributed by atoms with Crippen molar-refractivity contribution in [2.24, 2.45) is 13.0 Å². The Labute approximate surface area is 118 Å². The largest absolute Gasteiger partial charge is 0.493 e. The molecule has 1 aromatic carbocycles. The highest BCUT2D eigenvalue weighted by Gasteiger charge is 2.12. The first-order valence-electron chi connectivity index (χ1n) is 6.49. The summed E-state index contributed by atoms with van der Waals surface area (Å²) in [7, 11) is 1.76. The number of benzene rings is 1. The number of aryl methyl sites for hydroxylation is 1. The number of carbonyl (C=O) groups is 1. The van der Waals surface area contributed by atoms with Crippen molar-refractivity contribution >= 4 is 5.97 Å². The van der Waals surface area contributed by atoms with Gasteiger partial charge in [0.2, 0.25) is 0 Å². The number of carbonyl (C=O) groups excluding carboxylic acids is 1. The molecule has 2 aromatic rings. The van der Waals surface area contributed by atoms with E-state index in [9.17, 15) is 4.79 Å². The number of para-hydroxylation sites is 1. The molecule has 0 aliphatic heterocycles. The number of nitrogens with zero attached hydrogens (tertiary/aromatic N) is 2. The number of aromatic nitrogens is 2. The number of rotatable bonds is 6. The first-order valence-corrected chi connectivity index (χ1v) is 6.49. The van der Waals surface area contributed by atoms with E-state index in [0.717, 1.165) is 5.75 Å². The minimum absolute atomic E-state index is 0.121. The van der Waals surface area contributed by atoms with E-state index in [0.29, 0.717) is 18.8 Å². The van der Waals surface area contributed by atoms with Crippen molar-refractivity contribution in [3.8, 4) is 5.75 Å². The summed E-state index contributed by atoms with van der Waals surface area (Å²) in [5.41, 5.74) is 0.462. The Kier molecular flexibility index (Phi) is 4.76. The van der Waals surface area contributed by atoms with Gasteiger partial charge in [-0.1, -0.05) is 25.1 Å². The zero-order chi connectivity index (χ0) is 14.4. The molecule has 0 aliphatic rings. The number of hydrogen-bond acceptors (Lipinski definition) is 4. The number of esters is 1. The van der Waals surface area contributed by atoms with E-state index in [1.807, 2.05) is 37.3 Å². The van der Waals surface area contributed by atoms with Gasteiger partial charge in [-0.25, -0.2) is 4.79 Å². The summed E-state index contributed by atoms with van der Waals surface area (Å²) in [5, 5.41) is 3.93. The van der Waals surface area contributed by atoms with Gasteiger partial charge in [0.05, 0.1) is 25.0 Å². The molecule has 106 valence electrons. The first kappa shape index (κ1) is 14.1. The smallest absolute Gasteiger partial charge is 0.341 e. The quantitative estimate of drug-likeness (QED) is 0.758. The zero-order valence-corrected chi connectivity index (χ0v) is 11.7. The maximum atomic E-state index is 11.7. The summed E-state index contributed by atoms with van der Waals surface area (Å²) >= 11 is 0. The molecule has 1 unspecified atom stereocenters. The third-order valence-corrected chi connectivity index (χ3v) is 2.72. The van der Waals surface area contributed by atoms with Crippen LogP contribution in [-0.4, -0.2) is 29.0 Å². The lowest BCUT2D eigenvalue weighted by Gasteiger charge is -2.13. The fourth-order valence-corrected chi connectivity index (χ4v) is 1.63. The van der Waals surface area contributed by atoms with Crippen molar-refractivity contribution in [2.45, 2.75) is 6.92 Å². The van der Waals surface area contributed by atoms with Crippen LogP contribution in [0.15, 0.2) is 42.7 Å². The molecule has 2 rings (SSSR count). The van der Waals surface area contributed by atoms with Gasteiger partial charge in [-0.3, -0.25) is 4.68 Å². The van der Waals surface area contributed by atoms with Gasteiger partial charge in [0.15, 0.2) is 0 Å². The van der Waals surface area contributed by atoms with Gasteiger partial charge in [0.25, 0.3) is 0 Å². The summed E-state index contributed by atoms with van der Waals surface area (Å²) in [6.07, 6.45) is 3.13. The fourth-order valence-electron chi connectivity index (χ4n) is 1.63. The Morgan fingerprint density at radius 3 is 2.70 bits per heavy atom. The number of ether oxygens (including phenoxy) is 2. The molecule has 0 radical (unpaired) electrons. The maximum Gasteiger partial charge on any atom is 0.341 e. The summed E-state index contributed by atoms with van der Waals surface area (Å²) < 4.78 is 12.4. The number of hydrogen-bond donors (Lipinski definition) is 0. The Bertz CT molecular complexity index is 551. The molecule has 0 spiro atoms. The van der Waals surface area contributed by atoms with E-state index in [4.69, 9.17) is 9.47 Å². The highest BCUT2D eigenvalue weighted by molar-refractivity contribution is 5.88. The van der Waals surface area contributed by atoms with Crippen LogP contribution in [0.3, 0.4) is 0 Å². The van der Waals surface area contributed by atoms with E-state index in [1.54, 1.807) is 17.9 Å². The second-order valence-electron chi connectivity index (χ2n) is 4.73. The summed E-state index contributed by atoms with van der Waals surface area (Å²) in [5.74, 6) is 0.582. The van der Waals surface area contributed by atoms with E-state index >= 15 is 0 Å².